The molecule has 164 valence electrons. The maximum atomic E-state index is 15.1. The minimum atomic E-state index is -0.573. The molecule has 0 radical (unpaired) electrons. The van der Waals surface area contributed by atoms with Crippen molar-refractivity contribution >= 4 is 22.5 Å². The fraction of sp³-hybridized carbons (Fsp3) is 0.0833. The standard InChI is InChI=1S/C24H20FN7O/c1-13-9-10-28-24(31-13)33-19-8-7-17(11-18(19)25)32-21(15-3-5-16(26)6-4-15)14(2)20-22(32)23(27)30-12-29-20/h3-12H,26H2,1-2H3,(H2,27,29,30). The van der Waals surface area contributed by atoms with Crippen molar-refractivity contribution in [2.45, 2.75) is 13.8 Å². The van der Waals surface area contributed by atoms with Crippen LogP contribution in [0.1, 0.15) is 11.3 Å². The van der Waals surface area contributed by atoms with Gasteiger partial charge in [-0.05, 0) is 49.7 Å². The van der Waals surface area contributed by atoms with E-state index in [4.69, 9.17) is 16.2 Å². The Morgan fingerprint density at radius 2 is 1.73 bits per heavy atom. The van der Waals surface area contributed by atoms with E-state index in [-0.39, 0.29) is 11.8 Å². The highest BCUT2D eigenvalue weighted by atomic mass is 19.1. The highest BCUT2D eigenvalue weighted by Crippen LogP contribution is 2.38. The van der Waals surface area contributed by atoms with Crippen molar-refractivity contribution in [3.05, 3.63) is 78.1 Å². The molecule has 0 amide bonds. The van der Waals surface area contributed by atoms with E-state index in [1.807, 2.05) is 35.8 Å². The summed E-state index contributed by atoms with van der Waals surface area (Å²) in [6, 6.07) is 13.9. The van der Waals surface area contributed by atoms with Crippen LogP contribution < -0.4 is 16.2 Å². The van der Waals surface area contributed by atoms with Gasteiger partial charge in [-0.3, -0.25) is 0 Å². The average Bonchev–Trinajstić information content (AvgIpc) is 3.09. The second kappa shape index (κ2) is 7.86. The number of ether oxygens (including phenoxy) is 1. The molecule has 8 nitrogen and oxygen atoms in total. The first-order valence-electron chi connectivity index (χ1n) is 10.2. The summed E-state index contributed by atoms with van der Waals surface area (Å²) in [7, 11) is 0. The normalized spacial score (nSPS) is 11.1. The van der Waals surface area contributed by atoms with Crippen LogP contribution >= 0.6 is 0 Å². The molecule has 4 N–H and O–H groups in total. The first-order valence-corrected chi connectivity index (χ1v) is 10.2. The molecule has 0 saturated heterocycles. The Morgan fingerprint density at radius 1 is 0.939 bits per heavy atom. The number of aromatic nitrogens is 5. The number of halogens is 1. The third-order valence-electron chi connectivity index (χ3n) is 5.34. The predicted octanol–water partition coefficient (Wildman–Crippen LogP) is 4.59. The maximum Gasteiger partial charge on any atom is 0.322 e. The molecule has 2 aromatic carbocycles. The molecule has 0 unspecified atom stereocenters. The molecule has 9 heteroatoms. The van der Waals surface area contributed by atoms with Gasteiger partial charge >= 0.3 is 6.01 Å². The van der Waals surface area contributed by atoms with Crippen molar-refractivity contribution in [2.75, 3.05) is 11.5 Å². The molecule has 33 heavy (non-hydrogen) atoms. The molecular weight excluding hydrogens is 421 g/mol. The van der Waals surface area contributed by atoms with Gasteiger partial charge in [-0.25, -0.2) is 24.3 Å². The topological polar surface area (TPSA) is 118 Å². The first kappa shape index (κ1) is 20.4. The Kier molecular flexibility index (Phi) is 4.86. The Hall–Kier alpha value is -4.53. The zero-order valence-electron chi connectivity index (χ0n) is 18.0. The Bertz CT molecular complexity index is 1500. The fourth-order valence-electron chi connectivity index (χ4n) is 3.81. The van der Waals surface area contributed by atoms with Crippen LogP contribution in [0.5, 0.6) is 11.8 Å². The highest BCUT2D eigenvalue weighted by Gasteiger charge is 2.21. The maximum absolute atomic E-state index is 15.1. The van der Waals surface area contributed by atoms with Gasteiger partial charge in [-0.1, -0.05) is 12.1 Å². The van der Waals surface area contributed by atoms with Crippen LogP contribution in [0.15, 0.2) is 61.1 Å². The summed E-state index contributed by atoms with van der Waals surface area (Å²) in [5.74, 6) is -0.273. The van der Waals surface area contributed by atoms with Crippen molar-refractivity contribution in [1.29, 1.82) is 0 Å². The lowest BCUT2D eigenvalue weighted by molar-refractivity contribution is 0.410. The summed E-state index contributed by atoms with van der Waals surface area (Å²) in [5.41, 5.74) is 17.9. The van der Waals surface area contributed by atoms with Crippen LogP contribution in [0.25, 0.3) is 28.0 Å². The van der Waals surface area contributed by atoms with Gasteiger partial charge in [0, 0.05) is 34.9 Å². The number of rotatable bonds is 4. The minimum absolute atomic E-state index is 0.00999. The number of hydrogen-bond acceptors (Lipinski definition) is 7. The van der Waals surface area contributed by atoms with Gasteiger partial charge < -0.3 is 20.8 Å². The molecule has 0 fully saturated rings. The lowest BCUT2D eigenvalue weighted by Crippen LogP contribution is -2.03. The summed E-state index contributed by atoms with van der Waals surface area (Å²) in [6.07, 6.45) is 2.97. The summed E-state index contributed by atoms with van der Waals surface area (Å²) in [5, 5.41) is 0. The number of aryl methyl sites for hydroxylation is 2. The van der Waals surface area contributed by atoms with Gasteiger partial charge in [-0.2, -0.15) is 0 Å². The van der Waals surface area contributed by atoms with Gasteiger partial charge in [0.1, 0.15) is 11.8 Å². The molecular formula is C24H20FN7O. The van der Waals surface area contributed by atoms with Crippen molar-refractivity contribution < 1.29 is 9.13 Å². The Labute approximate surface area is 188 Å². The van der Waals surface area contributed by atoms with Crippen LogP contribution in [-0.4, -0.2) is 24.5 Å². The van der Waals surface area contributed by atoms with E-state index in [1.54, 1.807) is 25.3 Å². The zero-order valence-corrected chi connectivity index (χ0v) is 18.0. The molecule has 0 aliphatic rings. The van der Waals surface area contributed by atoms with Crippen LogP contribution in [-0.2, 0) is 0 Å². The van der Waals surface area contributed by atoms with Crippen LogP contribution in [0, 0.1) is 19.7 Å². The molecule has 0 atom stereocenters. The smallest absolute Gasteiger partial charge is 0.322 e. The lowest BCUT2D eigenvalue weighted by atomic mass is 10.1. The third-order valence-corrected chi connectivity index (χ3v) is 5.34. The number of nitrogens with zero attached hydrogens (tertiary/aromatic N) is 5. The zero-order chi connectivity index (χ0) is 23.1. The monoisotopic (exact) mass is 441 g/mol. The van der Waals surface area contributed by atoms with E-state index < -0.39 is 5.82 Å². The molecule has 3 heterocycles. The number of nitrogen functional groups attached to an aromatic ring is 2. The highest BCUT2D eigenvalue weighted by molar-refractivity contribution is 5.96. The number of hydrogen-bond donors (Lipinski definition) is 2. The van der Waals surface area contributed by atoms with E-state index in [2.05, 4.69) is 19.9 Å². The number of benzene rings is 2. The molecule has 0 aliphatic heterocycles. The number of fused-ring (bicyclic) bond motifs is 1. The fourth-order valence-corrected chi connectivity index (χ4v) is 3.81. The Morgan fingerprint density at radius 3 is 2.45 bits per heavy atom. The van der Waals surface area contributed by atoms with E-state index in [9.17, 15) is 0 Å². The first-order chi connectivity index (χ1) is 15.9. The van der Waals surface area contributed by atoms with Gasteiger partial charge in [0.25, 0.3) is 0 Å². The molecule has 5 rings (SSSR count). The summed E-state index contributed by atoms with van der Waals surface area (Å²) in [4.78, 5) is 16.8. The van der Waals surface area contributed by atoms with E-state index in [0.717, 1.165) is 22.5 Å². The predicted molar refractivity (Wildman–Crippen MR) is 125 cm³/mol. The molecule has 0 aliphatic carbocycles. The molecule has 0 bridgehead atoms. The van der Waals surface area contributed by atoms with Gasteiger partial charge in [0.15, 0.2) is 17.4 Å². The Balaban J connectivity index is 1.69. The van der Waals surface area contributed by atoms with Crippen molar-refractivity contribution in [1.82, 2.24) is 24.5 Å². The van der Waals surface area contributed by atoms with Crippen LogP contribution in [0.3, 0.4) is 0 Å². The van der Waals surface area contributed by atoms with E-state index in [1.165, 1.54) is 18.5 Å². The largest absolute Gasteiger partial charge is 0.421 e. The minimum Gasteiger partial charge on any atom is -0.421 e. The quantitative estimate of drug-likeness (QED) is 0.392. The van der Waals surface area contributed by atoms with E-state index in [0.29, 0.717) is 28.2 Å². The van der Waals surface area contributed by atoms with E-state index >= 15 is 4.39 Å². The average molecular weight is 441 g/mol. The van der Waals surface area contributed by atoms with Gasteiger partial charge in [-0.15, -0.1) is 0 Å². The number of nitrogens with two attached hydrogens (primary N) is 2. The molecule has 3 aromatic heterocycles. The molecule has 5 aromatic rings. The van der Waals surface area contributed by atoms with Gasteiger partial charge in [0.05, 0.1) is 11.2 Å². The summed E-state index contributed by atoms with van der Waals surface area (Å²) >= 11 is 0. The second-order valence-electron chi connectivity index (χ2n) is 7.58. The van der Waals surface area contributed by atoms with Crippen LogP contribution in [0.2, 0.25) is 0 Å². The van der Waals surface area contributed by atoms with Crippen molar-refractivity contribution in [3.8, 4) is 28.7 Å². The van der Waals surface area contributed by atoms with Crippen molar-refractivity contribution in [3.63, 3.8) is 0 Å². The third kappa shape index (κ3) is 3.59. The summed E-state index contributed by atoms with van der Waals surface area (Å²) in [6.45, 7) is 3.75. The van der Waals surface area contributed by atoms with Gasteiger partial charge in [0.2, 0.25) is 0 Å². The SMILES string of the molecule is Cc1ccnc(Oc2ccc(-n3c(-c4ccc(N)cc4)c(C)c4ncnc(N)c43)cc2F)n1. The number of anilines is 2. The molecule has 0 spiro atoms. The second-order valence-corrected chi connectivity index (χ2v) is 7.58. The van der Waals surface area contributed by atoms with Crippen LogP contribution in [0.4, 0.5) is 15.9 Å². The lowest BCUT2D eigenvalue weighted by Gasteiger charge is -2.14. The van der Waals surface area contributed by atoms with Crippen molar-refractivity contribution in [2.24, 2.45) is 0 Å². The summed E-state index contributed by atoms with van der Waals surface area (Å²) < 4.78 is 22.5. The molecule has 0 saturated carbocycles.